The number of ether oxygens (including phenoxy) is 1. The number of benzene rings is 1. The van der Waals surface area contributed by atoms with Crippen molar-refractivity contribution in [2.75, 3.05) is 27.2 Å². The third-order valence-corrected chi connectivity index (χ3v) is 4.13. The molecule has 0 aliphatic carbocycles. The normalized spacial score (nSPS) is 10.9. The molecule has 0 bridgehead atoms. The number of halogens is 2. The lowest BCUT2D eigenvalue weighted by atomic mass is 10.1. The van der Waals surface area contributed by atoms with E-state index in [-0.39, 0.29) is 24.0 Å². The fourth-order valence-electron chi connectivity index (χ4n) is 2.39. The van der Waals surface area contributed by atoms with Crippen LogP contribution in [0.25, 0.3) is 0 Å². The molecule has 2 N–H and O–H groups in total. The SMILES string of the molecule is CN=C(NCCCc1ccc(Br)cc1OC)NCCc1ccco1.I. The quantitative estimate of drug-likeness (QED) is 0.238. The summed E-state index contributed by atoms with van der Waals surface area (Å²) in [6.07, 6.45) is 4.48. The summed E-state index contributed by atoms with van der Waals surface area (Å²) in [6, 6.07) is 10.0. The summed E-state index contributed by atoms with van der Waals surface area (Å²) >= 11 is 3.46. The van der Waals surface area contributed by atoms with Crippen LogP contribution in [0.5, 0.6) is 5.75 Å². The highest BCUT2D eigenvalue weighted by atomic mass is 127. The number of nitrogens with zero attached hydrogens (tertiary/aromatic N) is 1. The molecule has 1 aromatic heterocycles. The van der Waals surface area contributed by atoms with Crippen LogP contribution in [0, 0.1) is 0 Å². The van der Waals surface area contributed by atoms with Crippen LogP contribution < -0.4 is 15.4 Å². The molecule has 1 aromatic carbocycles. The van der Waals surface area contributed by atoms with Gasteiger partial charge in [0.1, 0.15) is 11.5 Å². The minimum absolute atomic E-state index is 0. The van der Waals surface area contributed by atoms with Gasteiger partial charge in [-0.1, -0.05) is 22.0 Å². The van der Waals surface area contributed by atoms with Crippen molar-refractivity contribution in [2.24, 2.45) is 4.99 Å². The van der Waals surface area contributed by atoms with E-state index in [1.807, 2.05) is 24.3 Å². The molecule has 0 saturated carbocycles. The molecule has 7 heteroatoms. The molecule has 2 rings (SSSR count). The van der Waals surface area contributed by atoms with Crippen LogP contribution in [0.4, 0.5) is 0 Å². The zero-order valence-corrected chi connectivity index (χ0v) is 18.5. The van der Waals surface area contributed by atoms with Gasteiger partial charge in [0.15, 0.2) is 5.96 Å². The van der Waals surface area contributed by atoms with Gasteiger partial charge in [-0.05, 0) is 42.7 Å². The predicted octanol–water partition coefficient (Wildman–Crippen LogP) is 4.01. The molecule has 0 aliphatic rings. The molecule has 0 saturated heterocycles. The molecule has 0 atom stereocenters. The molecule has 1 heterocycles. The van der Waals surface area contributed by atoms with Gasteiger partial charge >= 0.3 is 0 Å². The Bertz CT molecular complexity index is 648. The molecular formula is C18H25BrIN3O2. The van der Waals surface area contributed by atoms with Crippen molar-refractivity contribution in [1.29, 1.82) is 0 Å². The number of hydrogen-bond donors (Lipinski definition) is 2. The molecule has 25 heavy (non-hydrogen) atoms. The molecule has 5 nitrogen and oxygen atoms in total. The van der Waals surface area contributed by atoms with E-state index in [0.29, 0.717) is 0 Å². The second-order valence-corrected chi connectivity index (χ2v) is 6.23. The van der Waals surface area contributed by atoms with Crippen molar-refractivity contribution in [3.05, 3.63) is 52.4 Å². The fraction of sp³-hybridized carbons (Fsp3) is 0.389. The van der Waals surface area contributed by atoms with E-state index in [4.69, 9.17) is 9.15 Å². The van der Waals surface area contributed by atoms with E-state index in [1.54, 1.807) is 20.4 Å². The van der Waals surface area contributed by atoms with Crippen LogP contribution in [0.15, 0.2) is 50.5 Å². The number of aryl methyl sites for hydroxylation is 1. The van der Waals surface area contributed by atoms with Crippen LogP contribution in [0.2, 0.25) is 0 Å². The Labute approximate surface area is 174 Å². The van der Waals surface area contributed by atoms with Gasteiger partial charge in [-0.3, -0.25) is 4.99 Å². The van der Waals surface area contributed by atoms with Crippen molar-refractivity contribution in [3.8, 4) is 5.75 Å². The maximum absolute atomic E-state index is 5.42. The zero-order chi connectivity index (χ0) is 17.2. The molecule has 0 fully saturated rings. The van der Waals surface area contributed by atoms with Crippen molar-refractivity contribution in [1.82, 2.24) is 10.6 Å². The van der Waals surface area contributed by atoms with Crippen molar-refractivity contribution >= 4 is 45.9 Å². The maximum atomic E-state index is 5.42. The first-order chi connectivity index (χ1) is 11.7. The van der Waals surface area contributed by atoms with Gasteiger partial charge in [-0.25, -0.2) is 0 Å². The van der Waals surface area contributed by atoms with Gasteiger partial charge < -0.3 is 19.8 Å². The molecule has 0 amide bonds. The molecule has 0 unspecified atom stereocenters. The first-order valence-electron chi connectivity index (χ1n) is 8.02. The fourth-order valence-corrected chi connectivity index (χ4v) is 2.73. The van der Waals surface area contributed by atoms with Crippen molar-refractivity contribution < 1.29 is 9.15 Å². The van der Waals surface area contributed by atoms with Crippen LogP contribution in [0.1, 0.15) is 17.7 Å². The van der Waals surface area contributed by atoms with E-state index in [1.165, 1.54) is 5.56 Å². The van der Waals surface area contributed by atoms with Gasteiger partial charge in [0, 0.05) is 31.0 Å². The number of furan rings is 1. The van der Waals surface area contributed by atoms with Gasteiger partial charge in [-0.2, -0.15) is 0 Å². The smallest absolute Gasteiger partial charge is 0.190 e. The van der Waals surface area contributed by atoms with Crippen LogP contribution in [0.3, 0.4) is 0 Å². The largest absolute Gasteiger partial charge is 0.496 e. The first-order valence-corrected chi connectivity index (χ1v) is 8.81. The number of hydrogen-bond acceptors (Lipinski definition) is 3. The second-order valence-electron chi connectivity index (χ2n) is 5.31. The average molecular weight is 522 g/mol. The number of nitrogens with one attached hydrogen (secondary N) is 2. The molecule has 2 aromatic rings. The topological polar surface area (TPSA) is 58.8 Å². The van der Waals surface area contributed by atoms with E-state index in [0.717, 1.165) is 54.3 Å². The predicted molar refractivity (Wildman–Crippen MR) is 116 cm³/mol. The minimum Gasteiger partial charge on any atom is -0.496 e. The van der Waals surface area contributed by atoms with Gasteiger partial charge in [0.05, 0.1) is 13.4 Å². The summed E-state index contributed by atoms with van der Waals surface area (Å²) in [5, 5.41) is 6.61. The van der Waals surface area contributed by atoms with Gasteiger partial charge in [-0.15, -0.1) is 24.0 Å². The lowest BCUT2D eigenvalue weighted by Gasteiger charge is -2.12. The number of guanidine groups is 1. The highest BCUT2D eigenvalue weighted by molar-refractivity contribution is 14.0. The minimum atomic E-state index is 0. The van der Waals surface area contributed by atoms with Crippen LogP contribution in [-0.4, -0.2) is 33.2 Å². The zero-order valence-electron chi connectivity index (χ0n) is 14.5. The Morgan fingerprint density at radius 1 is 1.20 bits per heavy atom. The van der Waals surface area contributed by atoms with Crippen LogP contribution in [-0.2, 0) is 12.8 Å². The number of rotatable bonds is 8. The summed E-state index contributed by atoms with van der Waals surface area (Å²) in [6.45, 7) is 1.63. The van der Waals surface area contributed by atoms with Crippen LogP contribution >= 0.6 is 39.9 Å². The third-order valence-electron chi connectivity index (χ3n) is 3.63. The molecule has 0 radical (unpaired) electrons. The van der Waals surface area contributed by atoms with Gasteiger partial charge in [0.2, 0.25) is 0 Å². The van der Waals surface area contributed by atoms with Gasteiger partial charge in [0.25, 0.3) is 0 Å². The Balaban J connectivity index is 0.00000312. The lowest BCUT2D eigenvalue weighted by Crippen LogP contribution is -2.38. The summed E-state index contributed by atoms with van der Waals surface area (Å²) in [5.41, 5.74) is 1.21. The number of aliphatic imine (C=N–C) groups is 1. The van der Waals surface area contributed by atoms with E-state index < -0.39 is 0 Å². The molecule has 0 aliphatic heterocycles. The second kappa shape index (κ2) is 12.2. The summed E-state index contributed by atoms with van der Waals surface area (Å²) < 4.78 is 11.8. The Kier molecular flexibility index (Phi) is 10.6. The first kappa shape index (κ1) is 21.8. The summed E-state index contributed by atoms with van der Waals surface area (Å²) in [4.78, 5) is 4.23. The molecule has 0 spiro atoms. The Hall–Kier alpha value is -1.22. The highest BCUT2D eigenvalue weighted by Crippen LogP contribution is 2.24. The lowest BCUT2D eigenvalue weighted by molar-refractivity contribution is 0.409. The molecular weight excluding hydrogens is 497 g/mol. The van der Waals surface area contributed by atoms with E-state index in [9.17, 15) is 0 Å². The summed E-state index contributed by atoms with van der Waals surface area (Å²) in [7, 11) is 3.48. The maximum Gasteiger partial charge on any atom is 0.190 e. The standard InChI is InChI=1S/C18H24BrN3O2.HI/c1-20-18(22-11-9-16-6-4-12-24-16)21-10-3-5-14-7-8-15(19)13-17(14)23-2;/h4,6-8,12-13H,3,5,9-11H2,1-2H3,(H2,20,21,22);1H. The Morgan fingerprint density at radius 3 is 2.68 bits per heavy atom. The Morgan fingerprint density at radius 2 is 2.00 bits per heavy atom. The van der Waals surface area contributed by atoms with E-state index >= 15 is 0 Å². The molecule has 138 valence electrons. The third kappa shape index (κ3) is 7.68. The number of methoxy groups -OCH3 is 1. The van der Waals surface area contributed by atoms with E-state index in [2.05, 4.69) is 37.6 Å². The monoisotopic (exact) mass is 521 g/mol. The van der Waals surface area contributed by atoms with Crippen molar-refractivity contribution in [3.63, 3.8) is 0 Å². The van der Waals surface area contributed by atoms with Crippen molar-refractivity contribution in [2.45, 2.75) is 19.3 Å². The summed E-state index contributed by atoms with van der Waals surface area (Å²) in [5.74, 6) is 2.70. The highest BCUT2D eigenvalue weighted by Gasteiger charge is 2.04. The average Bonchev–Trinajstić information content (AvgIpc) is 3.11.